The molecule has 0 fully saturated rings. The van der Waals surface area contributed by atoms with Crippen LogP contribution < -0.4 is 15.4 Å². The molecule has 0 aliphatic rings. The number of fused-ring (bicyclic) bond motifs is 1. The van der Waals surface area contributed by atoms with Crippen LogP contribution in [0, 0.1) is 5.82 Å². The number of carbonyl (C=O) groups is 2. The van der Waals surface area contributed by atoms with Crippen molar-refractivity contribution in [2.75, 3.05) is 24.7 Å². The highest BCUT2D eigenvalue weighted by molar-refractivity contribution is 8.00. The zero-order chi connectivity index (χ0) is 23.9. The number of ether oxygens (including phenoxy) is 1. The second-order valence-electron chi connectivity index (χ2n) is 7.54. The number of carbonyl (C=O) groups excluding carboxylic acids is 2. The maximum absolute atomic E-state index is 13.1. The summed E-state index contributed by atoms with van der Waals surface area (Å²) in [7, 11) is 1.58. The van der Waals surface area contributed by atoms with Gasteiger partial charge in [-0.25, -0.2) is 4.39 Å². The smallest absolute Gasteiger partial charge is 0.251 e. The largest absolute Gasteiger partial charge is 0.497 e. The fourth-order valence-electron chi connectivity index (χ4n) is 3.55. The second kappa shape index (κ2) is 10.9. The normalized spacial score (nSPS) is 10.8. The van der Waals surface area contributed by atoms with E-state index in [1.54, 1.807) is 13.2 Å². The lowest BCUT2D eigenvalue weighted by molar-refractivity contribution is -0.113. The highest BCUT2D eigenvalue weighted by Gasteiger charge is 2.12. The molecule has 3 aromatic carbocycles. The fraction of sp³-hybridized carbons (Fsp3) is 0.154. The Morgan fingerprint density at radius 2 is 1.82 bits per heavy atom. The van der Waals surface area contributed by atoms with Crippen LogP contribution in [0.3, 0.4) is 0 Å². The minimum atomic E-state index is -0.377. The van der Waals surface area contributed by atoms with Crippen LogP contribution in [-0.4, -0.2) is 35.8 Å². The number of thioether (sulfide) groups is 1. The molecule has 2 N–H and O–H groups in total. The van der Waals surface area contributed by atoms with E-state index in [9.17, 15) is 14.0 Å². The molecule has 0 radical (unpaired) electrons. The third kappa shape index (κ3) is 5.77. The number of nitrogens with zero attached hydrogens (tertiary/aromatic N) is 1. The monoisotopic (exact) mass is 477 g/mol. The lowest BCUT2D eigenvalue weighted by atomic mass is 10.2. The molecule has 0 bridgehead atoms. The first-order valence-electron chi connectivity index (χ1n) is 10.7. The zero-order valence-corrected chi connectivity index (χ0v) is 19.4. The number of aromatic nitrogens is 1. The number of hydrogen-bond donors (Lipinski definition) is 2. The summed E-state index contributed by atoms with van der Waals surface area (Å²) >= 11 is 1.46. The van der Waals surface area contributed by atoms with Crippen LogP contribution in [0.1, 0.15) is 10.4 Å². The van der Waals surface area contributed by atoms with Crippen molar-refractivity contribution in [3.05, 3.63) is 90.4 Å². The van der Waals surface area contributed by atoms with Crippen molar-refractivity contribution in [3.8, 4) is 5.75 Å². The molecule has 0 spiro atoms. The summed E-state index contributed by atoms with van der Waals surface area (Å²) in [5.74, 6) is 0.200. The van der Waals surface area contributed by atoms with E-state index in [1.807, 2.05) is 48.7 Å². The van der Waals surface area contributed by atoms with Gasteiger partial charge in [0.2, 0.25) is 5.91 Å². The molecule has 2 amide bonds. The van der Waals surface area contributed by atoms with Crippen LogP contribution in [-0.2, 0) is 11.3 Å². The van der Waals surface area contributed by atoms with Crippen LogP contribution in [0.2, 0.25) is 0 Å². The van der Waals surface area contributed by atoms with E-state index in [2.05, 4.69) is 15.2 Å². The molecule has 6 nitrogen and oxygen atoms in total. The Morgan fingerprint density at radius 1 is 1.03 bits per heavy atom. The van der Waals surface area contributed by atoms with E-state index in [-0.39, 0.29) is 23.4 Å². The minimum absolute atomic E-state index is 0.110. The summed E-state index contributed by atoms with van der Waals surface area (Å²) in [5.41, 5.74) is 2.12. The van der Waals surface area contributed by atoms with Crippen LogP contribution in [0.25, 0.3) is 10.9 Å². The Balaban J connectivity index is 1.37. The van der Waals surface area contributed by atoms with Gasteiger partial charge in [0, 0.05) is 52.4 Å². The number of hydrogen-bond acceptors (Lipinski definition) is 4. The molecule has 0 aliphatic carbocycles. The van der Waals surface area contributed by atoms with Crippen molar-refractivity contribution in [2.24, 2.45) is 0 Å². The van der Waals surface area contributed by atoms with E-state index >= 15 is 0 Å². The molecule has 4 aromatic rings. The molecule has 0 saturated heterocycles. The Labute approximate surface area is 201 Å². The highest BCUT2D eigenvalue weighted by atomic mass is 32.2. The Kier molecular flexibility index (Phi) is 7.49. The van der Waals surface area contributed by atoms with E-state index in [1.165, 1.54) is 36.0 Å². The van der Waals surface area contributed by atoms with Gasteiger partial charge in [0.25, 0.3) is 5.91 Å². The lowest BCUT2D eigenvalue weighted by Crippen LogP contribution is -2.27. The predicted molar refractivity (Wildman–Crippen MR) is 133 cm³/mol. The summed E-state index contributed by atoms with van der Waals surface area (Å²) in [4.78, 5) is 25.8. The third-order valence-corrected chi connectivity index (χ3v) is 6.25. The van der Waals surface area contributed by atoms with Crippen LogP contribution in [0.5, 0.6) is 5.75 Å². The highest BCUT2D eigenvalue weighted by Crippen LogP contribution is 2.30. The minimum Gasteiger partial charge on any atom is -0.497 e. The molecular formula is C26H24FN3O3S. The summed E-state index contributed by atoms with van der Waals surface area (Å²) in [6.07, 6.45) is 2.00. The van der Waals surface area contributed by atoms with Gasteiger partial charge in [0.15, 0.2) is 0 Å². The first-order valence-corrected chi connectivity index (χ1v) is 11.7. The van der Waals surface area contributed by atoms with Crippen molar-refractivity contribution < 1.29 is 18.7 Å². The number of halogens is 1. The maximum Gasteiger partial charge on any atom is 0.251 e. The van der Waals surface area contributed by atoms with Gasteiger partial charge in [-0.1, -0.05) is 24.3 Å². The van der Waals surface area contributed by atoms with E-state index in [4.69, 9.17) is 4.74 Å². The van der Waals surface area contributed by atoms with Crippen LogP contribution >= 0.6 is 11.8 Å². The number of anilines is 1. The second-order valence-corrected chi connectivity index (χ2v) is 8.55. The number of amides is 2. The molecule has 0 atom stereocenters. The summed E-state index contributed by atoms with van der Waals surface area (Å²) < 4.78 is 20.3. The van der Waals surface area contributed by atoms with Crippen molar-refractivity contribution in [2.45, 2.75) is 11.4 Å². The summed E-state index contributed by atoms with van der Waals surface area (Å²) in [6, 6.07) is 20.6. The molecule has 8 heteroatoms. The standard InChI is InChI=1S/C26H24FN3O3S/c1-33-21-6-4-5-20(15-21)29-25(31)17-34-24-16-30(23-8-3-2-7-22(23)24)14-13-28-26(32)18-9-11-19(27)12-10-18/h2-12,15-16H,13-14,17H2,1H3,(H,28,32)(H,29,31). The number of nitrogens with one attached hydrogen (secondary N) is 2. The molecule has 0 unspecified atom stereocenters. The van der Waals surface area contributed by atoms with Crippen LogP contribution in [0.15, 0.2) is 83.9 Å². The van der Waals surface area contributed by atoms with Gasteiger partial charge in [0.1, 0.15) is 11.6 Å². The lowest BCUT2D eigenvalue weighted by Gasteiger charge is -2.08. The summed E-state index contributed by atoms with van der Waals surface area (Å²) in [5, 5.41) is 6.80. The first kappa shape index (κ1) is 23.4. The van der Waals surface area contributed by atoms with Gasteiger partial charge in [-0.05, 0) is 42.5 Å². The number of benzene rings is 3. The van der Waals surface area contributed by atoms with Crippen molar-refractivity contribution in [1.29, 1.82) is 0 Å². The Morgan fingerprint density at radius 3 is 2.62 bits per heavy atom. The van der Waals surface area contributed by atoms with E-state index in [0.717, 1.165) is 15.8 Å². The van der Waals surface area contributed by atoms with Gasteiger partial charge >= 0.3 is 0 Å². The van der Waals surface area contributed by atoms with Gasteiger partial charge in [-0.2, -0.15) is 0 Å². The van der Waals surface area contributed by atoms with Crippen LogP contribution in [0.4, 0.5) is 10.1 Å². The van der Waals surface area contributed by atoms with Crippen molar-refractivity contribution >= 4 is 40.2 Å². The number of para-hydroxylation sites is 1. The number of methoxy groups -OCH3 is 1. The van der Waals surface area contributed by atoms with Gasteiger partial charge in [0.05, 0.1) is 12.9 Å². The van der Waals surface area contributed by atoms with Gasteiger partial charge < -0.3 is 19.9 Å². The van der Waals surface area contributed by atoms with E-state index < -0.39 is 0 Å². The molecule has 174 valence electrons. The van der Waals surface area contributed by atoms with E-state index in [0.29, 0.717) is 30.1 Å². The maximum atomic E-state index is 13.1. The molecule has 1 aromatic heterocycles. The topological polar surface area (TPSA) is 72.4 Å². The molecule has 0 aliphatic heterocycles. The van der Waals surface area contributed by atoms with Crippen molar-refractivity contribution in [3.63, 3.8) is 0 Å². The molecule has 0 saturated carbocycles. The average Bonchev–Trinajstić information content (AvgIpc) is 3.21. The first-order chi connectivity index (χ1) is 16.5. The number of rotatable bonds is 9. The van der Waals surface area contributed by atoms with Crippen molar-refractivity contribution in [1.82, 2.24) is 9.88 Å². The fourth-order valence-corrected chi connectivity index (χ4v) is 4.44. The SMILES string of the molecule is COc1cccc(NC(=O)CSc2cn(CCNC(=O)c3ccc(F)cc3)c3ccccc23)c1. The zero-order valence-electron chi connectivity index (χ0n) is 18.6. The molecule has 1 heterocycles. The Bertz CT molecular complexity index is 1300. The Hall–Kier alpha value is -3.78. The molecule has 34 heavy (non-hydrogen) atoms. The quantitative estimate of drug-likeness (QED) is 0.335. The van der Waals surface area contributed by atoms with Gasteiger partial charge in [-0.15, -0.1) is 11.8 Å². The predicted octanol–water partition coefficient (Wildman–Crippen LogP) is 4.95. The molecule has 4 rings (SSSR count). The van der Waals surface area contributed by atoms with Gasteiger partial charge in [-0.3, -0.25) is 9.59 Å². The average molecular weight is 478 g/mol. The third-order valence-electron chi connectivity index (χ3n) is 5.21. The molecular weight excluding hydrogens is 453 g/mol. The summed E-state index contributed by atoms with van der Waals surface area (Å²) in [6.45, 7) is 0.972.